The second kappa shape index (κ2) is 7.01. The minimum Gasteiger partial charge on any atom is -0.492 e. The average molecular weight is 270 g/mol. The van der Waals surface area contributed by atoms with Gasteiger partial charge in [-0.2, -0.15) is 0 Å². The Morgan fingerprint density at radius 1 is 1.44 bits per heavy atom. The van der Waals surface area contributed by atoms with E-state index in [2.05, 4.69) is 0 Å². The third-order valence-corrected chi connectivity index (χ3v) is 2.68. The van der Waals surface area contributed by atoms with Crippen molar-refractivity contribution in [2.45, 2.75) is 12.8 Å². The highest BCUT2D eigenvalue weighted by Crippen LogP contribution is 2.25. The summed E-state index contributed by atoms with van der Waals surface area (Å²) in [6.07, 6.45) is 1.80. The van der Waals surface area contributed by atoms with Crippen molar-refractivity contribution in [2.24, 2.45) is 0 Å². The molecule has 0 atom stereocenters. The monoisotopic (exact) mass is 269 g/mol. The molecule has 4 nitrogen and oxygen atoms in total. The second-order valence-corrected chi connectivity index (χ2v) is 4.46. The van der Waals surface area contributed by atoms with Gasteiger partial charge in [0.1, 0.15) is 12.0 Å². The number of benzene rings is 1. The van der Waals surface area contributed by atoms with Crippen molar-refractivity contribution in [3.05, 3.63) is 28.8 Å². The van der Waals surface area contributed by atoms with Crippen molar-refractivity contribution >= 4 is 23.8 Å². The number of amides is 1. The maximum Gasteiger partial charge on any atom is 0.222 e. The molecule has 0 aliphatic rings. The highest BCUT2D eigenvalue weighted by molar-refractivity contribution is 6.32. The number of rotatable bonds is 6. The Morgan fingerprint density at radius 3 is 2.72 bits per heavy atom. The molecule has 0 saturated heterocycles. The number of nitrogens with zero attached hydrogens (tertiary/aromatic N) is 1. The molecule has 1 aromatic rings. The first-order valence-corrected chi connectivity index (χ1v) is 6.00. The molecule has 0 bridgehead atoms. The van der Waals surface area contributed by atoms with Crippen LogP contribution in [0, 0.1) is 0 Å². The van der Waals surface area contributed by atoms with Gasteiger partial charge in [-0.05, 0) is 24.6 Å². The van der Waals surface area contributed by atoms with Gasteiger partial charge in [-0.25, -0.2) is 0 Å². The molecule has 0 fully saturated rings. The normalized spacial score (nSPS) is 9.94. The highest BCUT2D eigenvalue weighted by atomic mass is 35.5. The summed E-state index contributed by atoms with van der Waals surface area (Å²) in [5.41, 5.74) is 0.509. The van der Waals surface area contributed by atoms with Gasteiger partial charge in [0.05, 0.1) is 11.6 Å². The number of hydrogen-bond acceptors (Lipinski definition) is 3. The lowest BCUT2D eigenvalue weighted by atomic mass is 10.2. The van der Waals surface area contributed by atoms with E-state index in [0.717, 1.165) is 6.29 Å². The molecular formula is C13H16ClNO3. The molecule has 0 spiro atoms. The number of halogens is 1. The number of hydrogen-bond donors (Lipinski definition) is 0. The first-order chi connectivity index (χ1) is 8.54. The Kier molecular flexibility index (Phi) is 5.65. The predicted octanol–water partition coefficient (Wildman–Crippen LogP) is 2.40. The van der Waals surface area contributed by atoms with Crippen LogP contribution in [0.4, 0.5) is 0 Å². The van der Waals surface area contributed by atoms with Crippen LogP contribution in [0.25, 0.3) is 0 Å². The lowest BCUT2D eigenvalue weighted by Gasteiger charge is -2.11. The molecule has 0 aromatic heterocycles. The van der Waals surface area contributed by atoms with Crippen molar-refractivity contribution in [1.29, 1.82) is 0 Å². The van der Waals surface area contributed by atoms with E-state index in [1.165, 1.54) is 0 Å². The minimum atomic E-state index is 0.0704. The molecule has 0 unspecified atom stereocenters. The van der Waals surface area contributed by atoms with Crippen molar-refractivity contribution < 1.29 is 14.3 Å². The molecule has 0 N–H and O–H groups in total. The molecule has 0 radical (unpaired) electrons. The topological polar surface area (TPSA) is 46.6 Å². The summed E-state index contributed by atoms with van der Waals surface area (Å²) in [6.45, 7) is 0.416. The number of carbonyl (C=O) groups is 2. The quantitative estimate of drug-likeness (QED) is 0.588. The molecule has 18 heavy (non-hydrogen) atoms. The van der Waals surface area contributed by atoms with Crippen LogP contribution in [0.3, 0.4) is 0 Å². The summed E-state index contributed by atoms with van der Waals surface area (Å²) in [6, 6.07) is 4.84. The van der Waals surface area contributed by atoms with E-state index >= 15 is 0 Å². The molecule has 0 saturated carbocycles. The third kappa shape index (κ3) is 4.37. The van der Waals surface area contributed by atoms with Crippen molar-refractivity contribution in [3.63, 3.8) is 0 Å². The fraction of sp³-hybridized carbons (Fsp3) is 0.385. The highest BCUT2D eigenvalue weighted by Gasteiger charge is 2.05. The molecule has 98 valence electrons. The Morgan fingerprint density at radius 2 is 2.17 bits per heavy atom. The average Bonchev–Trinajstić information content (AvgIpc) is 2.35. The van der Waals surface area contributed by atoms with Crippen LogP contribution >= 0.6 is 11.6 Å². The van der Waals surface area contributed by atoms with E-state index in [0.29, 0.717) is 35.8 Å². The van der Waals surface area contributed by atoms with Gasteiger partial charge < -0.3 is 9.64 Å². The summed E-state index contributed by atoms with van der Waals surface area (Å²) >= 11 is 5.94. The van der Waals surface area contributed by atoms with Gasteiger partial charge in [0, 0.05) is 26.1 Å². The fourth-order valence-electron chi connectivity index (χ4n) is 1.34. The molecular weight excluding hydrogens is 254 g/mol. The van der Waals surface area contributed by atoms with Gasteiger partial charge in [0.15, 0.2) is 0 Å². The van der Waals surface area contributed by atoms with Crippen molar-refractivity contribution in [3.8, 4) is 5.75 Å². The smallest absolute Gasteiger partial charge is 0.222 e. The first-order valence-electron chi connectivity index (χ1n) is 5.62. The fourth-order valence-corrected chi connectivity index (χ4v) is 1.58. The van der Waals surface area contributed by atoms with Crippen LogP contribution in [0.2, 0.25) is 5.02 Å². The van der Waals surface area contributed by atoms with E-state index in [-0.39, 0.29) is 5.91 Å². The summed E-state index contributed by atoms with van der Waals surface area (Å²) in [5, 5.41) is 0.401. The van der Waals surface area contributed by atoms with Gasteiger partial charge in [0.25, 0.3) is 0 Å². The van der Waals surface area contributed by atoms with Crippen LogP contribution < -0.4 is 4.74 Å². The molecule has 1 rings (SSSR count). The second-order valence-electron chi connectivity index (χ2n) is 4.05. The zero-order chi connectivity index (χ0) is 13.5. The molecule has 0 aliphatic heterocycles. The molecule has 1 aromatic carbocycles. The van der Waals surface area contributed by atoms with Gasteiger partial charge in [-0.3, -0.25) is 9.59 Å². The Hall–Kier alpha value is -1.55. The lowest BCUT2D eigenvalue weighted by molar-refractivity contribution is -0.128. The molecule has 0 heterocycles. The summed E-state index contributed by atoms with van der Waals surface area (Å²) in [5.74, 6) is 0.598. The van der Waals surface area contributed by atoms with Crippen LogP contribution in [0.15, 0.2) is 18.2 Å². The maximum atomic E-state index is 11.3. The Bertz CT molecular complexity index is 432. The molecule has 0 aliphatic carbocycles. The summed E-state index contributed by atoms with van der Waals surface area (Å²) in [7, 11) is 3.44. The van der Waals surface area contributed by atoms with Gasteiger partial charge in [-0.1, -0.05) is 11.6 Å². The van der Waals surface area contributed by atoms with Crippen LogP contribution in [-0.2, 0) is 4.79 Å². The lowest BCUT2D eigenvalue weighted by Crippen LogP contribution is -2.21. The number of carbonyl (C=O) groups excluding carboxylic acids is 2. The van der Waals surface area contributed by atoms with E-state index in [4.69, 9.17) is 16.3 Å². The Labute approximate surface area is 111 Å². The largest absolute Gasteiger partial charge is 0.492 e. The predicted molar refractivity (Wildman–Crippen MR) is 70.3 cm³/mol. The summed E-state index contributed by atoms with van der Waals surface area (Å²) < 4.78 is 5.45. The van der Waals surface area contributed by atoms with Crippen LogP contribution in [-0.4, -0.2) is 37.8 Å². The first kappa shape index (κ1) is 14.5. The van der Waals surface area contributed by atoms with Crippen molar-refractivity contribution in [2.75, 3.05) is 20.7 Å². The number of aldehydes is 1. The zero-order valence-electron chi connectivity index (χ0n) is 10.5. The van der Waals surface area contributed by atoms with E-state index in [1.54, 1.807) is 37.2 Å². The standard InChI is InChI=1S/C13H16ClNO3/c1-15(2)13(17)4-3-7-18-12-6-5-10(9-16)8-11(12)14/h5-6,8-9H,3-4,7H2,1-2H3. The van der Waals surface area contributed by atoms with Gasteiger partial charge >= 0.3 is 0 Å². The SMILES string of the molecule is CN(C)C(=O)CCCOc1ccc(C=O)cc1Cl. The number of ether oxygens (including phenoxy) is 1. The maximum absolute atomic E-state index is 11.3. The minimum absolute atomic E-state index is 0.0704. The molecule has 1 amide bonds. The Balaban J connectivity index is 2.40. The zero-order valence-corrected chi connectivity index (χ0v) is 11.2. The van der Waals surface area contributed by atoms with Gasteiger partial charge in [0.2, 0.25) is 5.91 Å². The van der Waals surface area contributed by atoms with E-state index < -0.39 is 0 Å². The van der Waals surface area contributed by atoms with Gasteiger partial charge in [-0.15, -0.1) is 0 Å². The van der Waals surface area contributed by atoms with Crippen molar-refractivity contribution in [1.82, 2.24) is 4.90 Å². The van der Waals surface area contributed by atoms with E-state index in [9.17, 15) is 9.59 Å². The van der Waals surface area contributed by atoms with Crippen LogP contribution in [0.5, 0.6) is 5.75 Å². The van der Waals surface area contributed by atoms with E-state index in [1.807, 2.05) is 0 Å². The van der Waals surface area contributed by atoms with Crippen LogP contribution in [0.1, 0.15) is 23.2 Å². The summed E-state index contributed by atoms with van der Waals surface area (Å²) in [4.78, 5) is 23.4. The molecule has 5 heteroatoms. The third-order valence-electron chi connectivity index (χ3n) is 2.38.